The Balaban J connectivity index is 2.34. The van der Waals surface area contributed by atoms with Gasteiger partial charge in [0.2, 0.25) is 0 Å². The minimum atomic E-state index is -1.13. The first-order valence-electron chi connectivity index (χ1n) is 6.41. The average Bonchev–Trinajstić information content (AvgIpc) is 2.59. The minimum Gasteiger partial charge on any atom is -0.398 e. The van der Waals surface area contributed by atoms with E-state index in [9.17, 15) is 8.78 Å². The predicted molar refractivity (Wildman–Crippen MR) is 92.0 cm³/mol. The van der Waals surface area contributed by atoms with Gasteiger partial charge in [-0.3, -0.25) is 0 Å². The van der Waals surface area contributed by atoms with Crippen molar-refractivity contribution in [1.82, 2.24) is 0 Å². The lowest BCUT2D eigenvalue weighted by molar-refractivity contribution is 0.00578. The molecule has 2 rings (SSSR count). The third-order valence-electron chi connectivity index (χ3n) is 3.84. The minimum absolute atomic E-state index is 0.147. The van der Waals surface area contributed by atoms with Crippen molar-refractivity contribution in [2.24, 2.45) is 0 Å². The molecule has 0 saturated carbocycles. The molecule has 0 bridgehead atoms. The highest BCUT2D eigenvalue weighted by molar-refractivity contribution is 14.1. The van der Waals surface area contributed by atoms with Gasteiger partial charge in [0, 0.05) is 13.6 Å². The third kappa shape index (κ3) is 3.35. The molecule has 0 atom stereocenters. The molecule has 0 unspecified atom stereocenters. The van der Waals surface area contributed by atoms with Crippen molar-refractivity contribution in [1.29, 1.82) is 0 Å². The van der Waals surface area contributed by atoms with Gasteiger partial charge in [-0.1, -0.05) is 0 Å². The normalized spacial score (nSPS) is 21.0. The molecule has 1 aromatic rings. The number of benzene rings is 1. The fraction of sp³-hybridized carbons (Fsp3) is 0.429. The number of rotatable bonds is 2. The molecule has 1 heterocycles. The van der Waals surface area contributed by atoms with Gasteiger partial charge in [-0.2, -0.15) is 0 Å². The van der Waals surface area contributed by atoms with Crippen LogP contribution in [0.1, 0.15) is 33.3 Å². The summed E-state index contributed by atoms with van der Waals surface area (Å²) in [6.07, 6.45) is 1.11. The van der Waals surface area contributed by atoms with Gasteiger partial charge in [-0.05, 0) is 84.4 Å². The van der Waals surface area contributed by atoms with Crippen LogP contribution < -0.4 is 0 Å². The van der Waals surface area contributed by atoms with Crippen LogP contribution in [0.5, 0.6) is 0 Å². The molecular weight excluding hydrogens is 456 g/mol. The van der Waals surface area contributed by atoms with Crippen molar-refractivity contribution >= 4 is 51.7 Å². The van der Waals surface area contributed by atoms with E-state index in [-0.39, 0.29) is 5.56 Å². The summed E-state index contributed by atoms with van der Waals surface area (Å²) >= 11 is 5.32. The summed E-state index contributed by atoms with van der Waals surface area (Å²) in [5.41, 5.74) is -1.78. The van der Waals surface area contributed by atoms with E-state index in [0.717, 1.165) is 9.65 Å². The lowest BCUT2D eigenvalue weighted by Gasteiger charge is -2.32. The molecule has 0 amide bonds. The van der Waals surface area contributed by atoms with Crippen LogP contribution in [-0.2, 0) is 9.31 Å². The molecule has 0 aliphatic carbocycles. The average molecular weight is 471 g/mol. The molecule has 1 saturated heterocycles. The van der Waals surface area contributed by atoms with Gasteiger partial charge < -0.3 is 9.31 Å². The summed E-state index contributed by atoms with van der Waals surface area (Å²) in [4.78, 5) is 0. The maximum absolute atomic E-state index is 14.4. The fourth-order valence-electron chi connectivity index (χ4n) is 1.84. The molecule has 1 fully saturated rings. The molecule has 114 valence electrons. The van der Waals surface area contributed by atoms with Gasteiger partial charge in [0.15, 0.2) is 0 Å². The molecule has 0 radical (unpaired) electrons. The highest BCUT2D eigenvalue weighted by atomic mass is 127. The zero-order valence-corrected chi connectivity index (χ0v) is 15.9. The SMILES string of the molecule is CC1(C)OB(C(F)=Cc2c(F)ccc(I)c2Br)OC1(C)C. The van der Waals surface area contributed by atoms with Gasteiger partial charge >= 0.3 is 7.12 Å². The van der Waals surface area contributed by atoms with Crippen LogP contribution in [0.15, 0.2) is 22.3 Å². The lowest BCUT2D eigenvalue weighted by atomic mass is 9.87. The van der Waals surface area contributed by atoms with Crippen LogP contribution in [0.2, 0.25) is 0 Å². The summed E-state index contributed by atoms with van der Waals surface area (Å²) in [6.45, 7) is 7.34. The van der Waals surface area contributed by atoms with E-state index in [2.05, 4.69) is 15.9 Å². The highest BCUT2D eigenvalue weighted by Crippen LogP contribution is 2.39. The molecule has 0 N–H and O–H groups in total. The standard InChI is InChI=1S/C14H15BBrF2IO2/c1-13(2)14(3,4)21-15(20-13)11(18)7-8-9(17)5-6-10(19)12(8)16/h5-7H,1-4H3. The third-order valence-corrected chi connectivity index (χ3v) is 6.33. The molecule has 0 aromatic heterocycles. The Morgan fingerprint density at radius 1 is 1.24 bits per heavy atom. The van der Waals surface area contributed by atoms with E-state index in [1.165, 1.54) is 6.07 Å². The van der Waals surface area contributed by atoms with Gasteiger partial charge in [-0.25, -0.2) is 8.78 Å². The van der Waals surface area contributed by atoms with Gasteiger partial charge in [0.1, 0.15) is 11.5 Å². The van der Waals surface area contributed by atoms with Gasteiger partial charge in [0.05, 0.1) is 11.2 Å². The molecular formula is C14H15BBrF2IO2. The molecule has 1 aliphatic rings. The first-order valence-corrected chi connectivity index (χ1v) is 8.28. The molecule has 2 nitrogen and oxygen atoms in total. The Hall–Kier alpha value is 0.0149. The molecule has 7 heteroatoms. The number of hydrogen-bond acceptors (Lipinski definition) is 2. The van der Waals surface area contributed by atoms with Crippen molar-refractivity contribution in [3.63, 3.8) is 0 Å². The second kappa shape index (κ2) is 5.90. The zero-order chi connectivity index (χ0) is 16.0. The maximum atomic E-state index is 14.4. The molecule has 0 spiro atoms. The van der Waals surface area contributed by atoms with E-state index >= 15 is 0 Å². The lowest BCUT2D eigenvalue weighted by Crippen LogP contribution is -2.41. The molecule has 1 aromatic carbocycles. The molecule has 1 aliphatic heterocycles. The van der Waals surface area contributed by atoms with Gasteiger partial charge in [0.25, 0.3) is 0 Å². The quantitative estimate of drug-likeness (QED) is 0.339. The van der Waals surface area contributed by atoms with Crippen molar-refractivity contribution < 1.29 is 18.1 Å². The van der Waals surface area contributed by atoms with Crippen molar-refractivity contribution in [2.75, 3.05) is 0 Å². The Morgan fingerprint density at radius 2 is 1.76 bits per heavy atom. The van der Waals surface area contributed by atoms with E-state index in [1.54, 1.807) is 6.07 Å². The van der Waals surface area contributed by atoms with Crippen molar-refractivity contribution in [3.05, 3.63) is 37.3 Å². The van der Waals surface area contributed by atoms with Crippen LogP contribution in [0.4, 0.5) is 8.78 Å². The Kier molecular flexibility index (Phi) is 4.88. The fourth-order valence-corrected chi connectivity index (χ4v) is 2.74. The van der Waals surface area contributed by atoms with E-state index < -0.39 is 29.9 Å². The topological polar surface area (TPSA) is 18.5 Å². The van der Waals surface area contributed by atoms with Crippen molar-refractivity contribution in [2.45, 2.75) is 38.9 Å². The number of halogens is 4. The summed E-state index contributed by atoms with van der Waals surface area (Å²) in [5, 5.41) is 0. The maximum Gasteiger partial charge on any atom is 0.525 e. The Morgan fingerprint density at radius 3 is 2.29 bits per heavy atom. The van der Waals surface area contributed by atoms with Crippen molar-refractivity contribution in [3.8, 4) is 0 Å². The Bertz CT molecular complexity index is 589. The first kappa shape index (κ1) is 17.4. The summed E-state index contributed by atoms with van der Waals surface area (Å²) < 4.78 is 40.8. The summed E-state index contributed by atoms with van der Waals surface area (Å²) in [7, 11) is -1.13. The first-order chi connectivity index (χ1) is 9.55. The number of hydrogen-bond donors (Lipinski definition) is 0. The Labute approximate surface area is 145 Å². The smallest absolute Gasteiger partial charge is 0.398 e. The summed E-state index contributed by atoms with van der Waals surface area (Å²) in [5.74, 6) is -0.506. The second-order valence-corrected chi connectivity index (χ2v) is 7.83. The van der Waals surface area contributed by atoms with Crippen LogP contribution >= 0.6 is 38.5 Å². The van der Waals surface area contributed by atoms with E-state index in [4.69, 9.17) is 9.31 Å². The highest BCUT2D eigenvalue weighted by Gasteiger charge is 2.53. The van der Waals surface area contributed by atoms with Crippen LogP contribution in [0, 0.1) is 9.39 Å². The largest absolute Gasteiger partial charge is 0.525 e. The zero-order valence-electron chi connectivity index (χ0n) is 12.1. The van der Waals surface area contributed by atoms with E-state index in [0.29, 0.717) is 4.47 Å². The van der Waals surface area contributed by atoms with Crippen LogP contribution in [0.3, 0.4) is 0 Å². The summed E-state index contributed by atoms with van der Waals surface area (Å²) in [6, 6.07) is 2.92. The molecule has 21 heavy (non-hydrogen) atoms. The van der Waals surface area contributed by atoms with Crippen LogP contribution in [0.25, 0.3) is 6.08 Å². The second-order valence-electron chi connectivity index (χ2n) is 5.87. The predicted octanol–water partition coefficient (Wildman–Crippen LogP) is 5.13. The van der Waals surface area contributed by atoms with Gasteiger partial charge in [-0.15, -0.1) is 0 Å². The van der Waals surface area contributed by atoms with E-state index in [1.807, 2.05) is 50.3 Å². The monoisotopic (exact) mass is 470 g/mol. The van der Waals surface area contributed by atoms with Crippen LogP contribution in [-0.4, -0.2) is 18.3 Å².